The molecule has 1 N–H and O–H groups in total. The predicted octanol–water partition coefficient (Wildman–Crippen LogP) is 4.36. The van der Waals surface area contributed by atoms with Gasteiger partial charge in [-0.25, -0.2) is 13.8 Å². The summed E-state index contributed by atoms with van der Waals surface area (Å²) in [6.07, 6.45) is -1.09. The van der Waals surface area contributed by atoms with E-state index in [1.165, 1.54) is 36.7 Å². The van der Waals surface area contributed by atoms with Crippen molar-refractivity contribution in [2.45, 2.75) is 12.8 Å². The SMILES string of the molecule is Fc1cccc(F)c1CNc1cnc(-c2cccc3c2OC(F)(F)O3)cn1. The predicted molar refractivity (Wildman–Crippen MR) is 87.4 cm³/mol. The number of para-hydroxylation sites is 1. The van der Waals surface area contributed by atoms with E-state index in [2.05, 4.69) is 24.8 Å². The Bertz CT molecular complexity index is 976. The van der Waals surface area contributed by atoms with E-state index in [1.54, 1.807) is 0 Å². The van der Waals surface area contributed by atoms with Gasteiger partial charge in [0.25, 0.3) is 0 Å². The topological polar surface area (TPSA) is 56.3 Å². The van der Waals surface area contributed by atoms with Gasteiger partial charge in [0.15, 0.2) is 11.5 Å². The van der Waals surface area contributed by atoms with Crippen LogP contribution in [0, 0.1) is 11.6 Å². The molecule has 138 valence electrons. The molecule has 9 heteroatoms. The summed E-state index contributed by atoms with van der Waals surface area (Å²) < 4.78 is 62.7. The maximum absolute atomic E-state index is 13.6. The van der Waals surface area contributed by atoms with E-state index in [0.717, 1.165) is 12.1 Å². The Morgan fingerprint density at radius 3 is 2.37 bits per heavy atom. The lowest BCUT2D eigenvalue weighted by Crippen LogP contribution is -2.26. The van der Waals surface area contributed by atoms with Gasteiger partial charge in [-0.1, -0.05) is 12.1 Å². The molecule has 0 radical (unpaired) electrons. The monoisotopic (exact) mass is 377 g/mol. The maximum Gasteiger partial charge on any atom is 0.586 e. The molecule has 0 saturated heterocycles. The lowest BCUT2D eigenvalue weighted by Gasteiger charge is -2.09. The second-order valence-electron chi connectivity index (χ2n) is 5.64. The summed E-state index contributed by atoms with van der Waals surface area (Å²) in [6.45, 7) is -0.129. The van der Waals surface area contributed by atoms with Crippen molar-refractivity contribution in [2.24, 2.45) is 0 Å². The lowest BCUT2D eigenvalue weighted by molar-refractivity contribution is -0.286. The molecule has 2 aromatic carbocycles. The number of rotatable bonds is 4. The minimum atomic E-state index is -3.74. The Labute approximate surface area is 150 Å². The van der Waals surface area contributed by atoms with E-state index in [-0.39, 0.29) is 40.7 Å². The summed E-state index contributed by atoms with van der Waals surface area (Å²) in [7, 11) is 0. The van der Waals surface area contributed by atoms with Crippen LogP contribution in [0.2, 0.25) is 0 Å². The number of hydrogen-bond donors (Lipinski definition) is 1. The number of aromatic nitrogens is 2. The summed E-state index contributed by atoms with van der Waals surface area (Å²) in [5.74, 6) is -1.33. The summed E-state index contributed by atoms with van der Waals surface area (Å²) >= 11 is 0. The number of nitrogens with zero attached hydrogens (tertiary/aromatic N) is 2. The molecule has 27 heavy (non-hydrogen) atoms. The van der Waals surface area contributed by atoms with Crippen LogP contribution in [-0.2, 0) is 6.54 Å². The molecule has 0 fully saturated rings. The van der Waals surface area contributed by atoms with Crippen molar-refractivity contribution < 1.29 is 27.0 Å². The van der Waals surface area contributed by atoms with Crippen molar-refractivity contribution >= 4 is 5.82 Å². The number of hydrogen-bond acceptors (Lipinski definition) is 5. The summed E-state index contributed by atoms with van der Waals surface area (Å²) in [6, 6.07) is 8.00. The van der Waals surface area contributed by atoms with Crippen LogP contribution >= 0.6 is 0 Å². The summed E-state index contributed by atoms with van der Waals surface area (Å²) in [5, 5.41) is 2.76. The van der Waals surface area contributed by atoms with Gasteiger partial charge < -0.3 is 14.8 Å². The Morgan fingerprint density at radius 1 is 0.926 bits per heavy atom. The maximum atomic E-state index is 13.6. The molecule has 0 atom stereocenters. The standard InChI is InChI=1S/C18H11F4N3O2/c19-12-4-2-5-13(20)11(12)7-24-16-9-23-14(8-25-16)10-3-1-6-15-17(10)27-18(21,22)26-15/h1-6,8-9H,7H2,(H,24,25). The van der Waals surface area contributed by atoms with E-state index >= 15 is 0 Å². The highest BCUT2D eigenvalue weighted by Crippen LogP contribution is 2.46. The van der Waals surface area contributed by atoms with Gasteiger partial charge in [0, 0.05) is 17.7 Å². The van der Waals surface area contributed by atoms with Gasteiger partial charge in [-0.05, 0) is 24.3 Å². The smallest absolute Gasteiger partial charge is 0.395 e. The van der Waals surface area contributed by atoms with Gasteiger partial charge in [-0.2, -0.15) is 0 Å². The highest BCUT2D eigenvalue weighted by Gasteiger charge is 2.44. The summed E-state index contributed by atoms with van der Waals surface area (Å²) in [5.41, 5.74) is 0.427. The molecular weight excluding hydrogens is 366 g/mol. The van der Waals surface area contributed by atoms with E-state index in [0.29, 0.717) is 0 Å². The number of anilines is 1. The van der Waals surface area contributed by atoms with Crippen molar-refractivity contribution in [3.05, 3.63) is 66.0 Å². The average molecular weight is 377 g/mol. The van der Waals surface area contributed by atoms with E-state index in [9.17, 15) is 17.6 Å². The minimum absolute atomic E-state index is 0.100. The Morgan fingerprint density at radius 2 is 1.67 bits per heavy atom. The zero-order valence-corrected chi connectivity index (χ0v) is 13.5. The number of alkyl halides is 2. The second kappa shape index (κ2) is 6.42. The first kappa shape index (κ1) is 17.1. The highest BCUT2D eigenvalue weighted by atomic mass is 19.3. The van der Waals surface area contributed by atoms with E-state index in [1.807, 2.05) is 0 Å². The zero-order chi connectivity index (χ0) is 19.0. The number of fused-ring (bicyclic) bond motifs is 1. The minimum Gasteiger partial charge on any atom is -0.395 e. The lowest BCUT2D eigenvalue weighted by atomic mass is 10.1. The molecular formula is C18H11F4N3O2. The van der Waals surface area contributed by atoms with Crippen LogP contribution in [0.1, 0.15) is 5.56 Å². The van der Waals surface area contributed by atoms with Gasteiger partial charge in [0.2, 0.25) is 0 Å². The Balaban J connectivity index is 1.53. The molecule has 1 aliphatic heterocycles. The van der Waals surface area contributed by atoms with Crippen LogP contribution in [-0.4, -0.2) is 16.3 Å². The van der Waals surface area contributed by atoms with Gasteiger partial charge in [0.05, 0.1) is 18.1 Å². The van der Waals surface area contributed by atoms with Crippen molar-refractivity contribution in [3.8, 4) is 22.8 Å². The average Bonchev–Trinajstić information content (AvgIpc) is 2.95. The zero-order valence-electron chi connectivity index (χ0n) is 13.5. The number of nitrogens with one attached hydrogen (secondary N) is 1. The van der Waals surface area contributed by atoms with Crippen LogP contribution in [0.25, 0.3) is 11.3 Å². The fourth-order valence-electron chi connectivity index (χ4n) is 2.61. The molecule has 0 spiro atoms. The van der Waals surface area contributed by atoms with E-state index in [4.69, 9.17) is 0 Å². The molecule has 0 amide bonds. The third kappa shape index (κ3) is 3.35. The van der Waals surface area contributed by atoms with Gasteiger partial charge in [-0.3, -0.25) is 4.98 Å². The van der Waals surface area contributed by atoms with Crippen LogP contribution in [0.3, 0.4) is 0 Å². The highest BCUT2D eigenvalue weighted by molar-refractivity contribution is 5.71. The first-order valence-electron chi connectivity index (χ1n) is 7.81. The van der Waals surface area contributed by atoms with Crippen molar-refractivity contribution in [1.82, 2.24) is 9.97 Å². The van der Waals surface area contributed by atoms with Gasteiger partial charge in [0.1, 0.15) is 17.5 Å². The molecule has 0 aliphatic carbocycles. The van der Waals surface area contributed by atoms with Crippen LogP contribution in [0.5, 0.6) is 11.5 Å². The molecule has 0 saturated carbocycles. The van der Waals surface area contributed by atoms with E-state index < -0.39 is 17.9 Å². The molecule has 5 nitrogen and oxygen atoms in total. The molecule has 0 bridgehead atoms. The molecule has 3 aromatic rings. The van der Waals surface area contributed by atoms with Gasteiger partial charge in [-0.15, -0.1) is 8.78 Å². The Kier molecular flexibility index (Phi) is 4.06. The van der Waals surface area contributed by atoms with Gasteiger partial charge >= 0.3 is 6.29 Å². The number of benzene rings is 2. The van der Waals surface area contributed by atoms with Crippen LogP contribution in [0.15, 0.2) is 48.8 Å². The molecule has 1 aliphatic rings. The fraction of sp³-hybridized carbons (Fsp3) is 0.111. The first-order valence-corrected chi connectivity index (χ1v) is 7.81. The fourth-order valence-corrected chi connectivity index (χ4v) is 2.61. The van der Waals surface area contributed by atoms with Crippen molar-refractivity contribution in [3.63, 3.8) is 0 Å². The first-order chi connectivity index (χ1) is 12.9. The number of halogens is 4. The largest absolute Gasteiger partial charge is 0.586 e. The van der Waals surface area contributed by atoms with Crippen LogP contribution < -0.4 is 14.8 Å². The molecule has 4 rings (SSSR count). The third-order valence-corrected chi connectivity index (χ3v) is 3.86. The quantitative estimate of drug-likeness (QED) is 0.685. The van der Waals surface area contributed by atoms with Crippen molar-refractivity contribution in [2.75, 3.05) is 5.32 Å². The molecule has 1 aromatic heterocycles. The molecule has 2 heterocycles. The molecule has 0 unspecified atom stereocenters. The second-order valence-corrected chi connectivity index (χ2v) is 5.64. The third-order valence-electron chi connectivity index (χ3n) is 3.86. The van der Waals surface area contributed by atoms with Crippen molar-refractivity contribution in [1.29, 1.82) is 0 Å². The Hall–Kier alpha value is -3.36. The normalized spacial score (nSPS) is 14.2. The summed E-state index contributed by atoms with van der Waals surface area (Å²) in [4.78, 5) is 8.23. The number of ether oxygens (including phenoxy) is 2. The van der Waals surface area contributed by atoms with Crippen LogP contribution in [0.4, 0.5) is 23.4 Å².